The van der Waals surface area contributed by atoms with Gasteiger partial charge in [0.25, 0.3) is 0 Å². The molecular formula is C40H56O2. The molecule has 2 N–H and O–H groups in total. The molecule has 4 fully saturated rings. The molecule has 2 aromatic carbocycles. The second-order valence-corrected chi connectivity index (χ2v) is 13.8. The lowest BCUT2D eigenvalue weighted by Gasteiger charge is -2.48. The van der Waals surface area contributed by atoms with Gasteiger partial charge in [-0.1, -0.05) is 114 Å². The average molecular weight is 569 g/mol. The van der Waals surface area contributed by atoms with Gasteiger partial charge in [0.15, 0.2) is 0 Å². The van der Waals surface area contributed by atoms with Gasteiger partial charge < -0.3 is 10.2 Å². The van der Waals surface area contributed by atoms with Crippen molar-refractivity contribution in [3.8, 4) is 0 Å². The molecule has 6 aliphatic carbocycles. The summed E-state index contributed by atoms with van der Waals surface area (Å²) in [6, 6.07) is 17.7. The van der Waals surface area contributed by atoms with Crippen LogP contribution in [0.3, 0.4) is 0 Å². The van der Waals surface area contributed by atoms with Crippen LogP contribution in [0.5, 0.6) is 0 Å². The molecule has 0 aromatic heterocycles. The number of hydrogen-bond acceptors (Lipinski definition) is 2. The van der Waals surface area contributed by atoms with Crippen LogP contribution >= 0.6 is 0 Å². The van der Waals surface area contributed by atoms with Crippen LogP contribution in [-0.4, -0.2) is 22.4 Å². The van der Waals surface area contributed by atoms with Crippen LogP contribution in [0.15, 0.2) is 60.7 Å². The molecule has 0 bridgehead atoms. The van der Waals surface area contributed by atoms with Crippen molar-refractivity contribution in [2.24, 2.45) is 34.5 Å². The number of fused-ring (bicyclic) bond motifs is 10. The zero-order valence-electron chi connectivity index (χ0n) is 27.1. The van der Waals surface area contributed by atoms with Crippen molar-refractivity contribution in [2.75, 3.05) is 0 Å². The van der Waals surface area contributed by atoms with E-state index in [1.807, 2.05) is 27.7 Å². The van der Waals surface area contributed by atoms with Crippen molar-refractivity contribution in [2.45, 2.75) is 117 Å². The minimum atomic E-state index is -0.0796. The van der Waals surface area contributed by atoms with Gasteiger partial charge >= 0.3 is 0 Å². The van der Waals surface area contributed by atoms with Gasteiger partial charge in [-0.3, -0.25) is 0 Å². The van der Waals surface area contributed by atoms with Crippen LogP contribution < -0.4 is 0 Å². The van der Waals surface area contributed by atoms with E-state index in [1.165, 1.54) is 49.7 Å². The van der Waals surface area contributed by atoms with Crippen molar-refractivity contribution >= 4 is 12.2 Å². The molecule has 0 heterocycles. The van der Waals surface area contributed by atoms with E-state index in [4.69, 9.17) is 0 Å². The Balaban J connectivity index is 0.000000150. The largest absolute Gasteiger partial charge is 0.393 e. The lowest BCUT2D eigenvalue weighted by atomic mass is 9.57. The summed E-state index contributed by atoms with van der Waals surface area (Å²) in [6.07, 6.45) is 18.6. The van der Waals surface area contributed by atoms with Gasteiger partial charge in [-0.2, -0.15) is 0 Å². The summed E-state index contributed by atoms with van der Waals surface area (Å²) in [6.45, 7) is 12.6. The topological polar surface area (TPSA) is 40.5 Å². The first kappa shape index (κ1) is 31.3. The van der Waals surface area contributed by atoms with E-state index in [0.29, 0.717) is 35.5 Å². The standard InChI is InChI=1S/2C18H22O.2C2H6/c2*1-18-11-10-14-13-5-3-2-4-12(13)6-7-15(14)16(18)8-9-17(18)19;2*1-2/h2*2-7,14-17,19H,8-11H2,1H3;2*1-2H3/t14-,15-,16+,17+,18+;14-,15-,16+,17-,18+;;/m00../s1. The Hall–Kier alpha value is -2.16. The van der Waals surface area contributed by atoms with E-state index < -0.39 is 0 Å². The van der Waals surface area contributed by atoms with Gasteiger partial charge in [-0.05, 0) is 120 Å². The molecule has 10 atom stereocenters. The SMILES string of the molecule is CC.CC.C[C@@]12CC[C@H]3c4ccccc4C=C[C@@H]3[C@H]1CC[C@@H]2O.C[C@@]12CC[C@H]3c4ccccc4C=C[C@@H]3[C@H]1CC[C@H]2O. The van der Waals surface area contributed by atoms with Gasteiger partial charge in [0.2, 0.25) is 0 Å². The van der Waals surface area contributed by atoms with Crippen LogP contribution in [0.1, 0.15) is 127 Å². The molecule has 2 nitrogen and oxygen atoms in total. The molecule has 6 aliphatic rings. The molecular weight excluding hydrogens is 512 g/mol. The minimum absolute atomic E-state index is 0.0796. The number of allylic oxidation sites excluding steroid dienone is 2. The van der Waals surface area contributed by atoms with Gasteiger partial charge in [0.1, 0.15) is 0 Å². The molecule has 0 saturated heterocycles. The Labute approximate surface area is 256 Å². The summed E-state index contributed by atoms with van der Waals surface area (Å²) in [5, 5.41) is 20.7. The second kappa shape index (κ2) is 12.8. The first-order valence-corrected chi connectivity index (χ1v) is 17.3. The third kappa shape index (κ3) is 5.15. The third-order valence-electron chi connectivity index (χ3n) is 12.4. The van der Waals surface area contributed by atoms with Crippen molar-refractivity contribution in [3.63, 3.8) is 0 Å². The highest BCUT2D eigenvalue weighted by molar-refractivity contribution is 5.60. The molecule has 4 saturated carbocycles. The van der Waals surface area contributed by atoms with Crippen molar-refractivity contribution in [3.05, 3.63) is 82.9 Å². The van der Waals surface area contributed by atoms with Crippen LogP contribution in [0, 0.1) is 34.5 Å². The van der Waals surface area contributed by atoms with E-state index in [-0.39, 0.29) is 23.0 Å². The fourth-order valence-corrected chi connectivity index (χ4v) is 10.0. The lowest BCUT2D eigenvalue weighted by molar-refractivity contribution is -0.00800. The summed E-state index contributed by atoms with van der Waals surface area (Å²) >= 11 is 0. The van der Waals surface area contributed by atoms with E-state index in [2.05, 4.69) is 86.7 Å². The molecule has 0 amide bonds. The molecule has 2 heteroatoms. The second-order valence-electron chi connectivity index (χ2n) is 13.8. The Morgan fingerprint density at radius 3 is 1.33 bits per heavy atom. The molecule has 0 radical (unpaired) electrons. The predicted molar refractivity (Wildman–Crippen MR) is 178 cm³/mol. The summed E-state index contributed by atoms with van der Waals surface area (Å²) < 4.78 is 0. The highest BCUT2D eigenvalue weighted by Gasteiger charge is 2.54. The third-order valence-corrected chi connectivity index (χ3v) is 12.4. The molecule has 42 heavy (non-hydrogen) atoms. The minimum Gasteiger partial charge on any atom is -0.393 e. The fraction of sp³-hybridized carbons (Fsp3) is 0.600. The number of hydrogen-bond donors (Lipinski definition) is 2. The number of aliphatic hydroxyl groups is 2. The van der Waals surface area contributed by atoms with Crippen LogP contribution in [-0.2, 0) is 0 Å². The molecule has 0 spiro atoms. The van der Waals surface area contributed by atoms with Crippen LogP contribution in [0.4, 0.5) is 0 Å². The average Bonchev–Trinajstić information content (AvgIpc) is 3.53. The maximum absolute atomic E-state index is 10.3. The van der Waals surface area contributed by atoms with E-state index >= 15 is 0 Å². The summed E-state index contributed by atoms with van der Waals surface area (Å²) in [7, 11) is 0. The highest BCUT2D eigenvalue weighted by Crippen LogP contribution is 2.61. The fourth-order valence-electron chi connectivity index (χ4n) is 10.0. The van der Waals surface area contributed by atoms with Crippen molar-refractivity contribution < 1.29 is 10.2 Å². The summed E-state index contributed by atoms with van der Waals surface area (Å²) in [5.74, 6) is 4.00. The van der Waals surface area contributed by atoms with Gasteiger partial charge in [0.05, 0.1) is 12.2 Å². The zero-order valence-corrected chi connectivity index (χ0v) is 27.1. The summed E-state index contributed by atoms with van der Waals surface area (Å²) in [5.41, 5.74) is 6.23. The Bertz CT molecular complexity index is 1160. The molecule has 0 aliphatic heterocycles. The molecule has 0 unspecified atom stereocenters. The van der Waals surface area contributed by atoms with E-state index in [9.17, 15) is 10.2 Å². The lowest BCUT2D eigenvalue weighted by Crippen LogP contribution is -2.42. The molecule has 2 aromatic rings. The molecule has 228 valence electrons. The van der Waals surface area contributed by atoms with Gasteiger partial charge in [-0.15, -0.1) is 0 Å². The van der Waals surface area contributed by atoms with E-state index in [0.717, 1.165) is 12.8 Å². The number of aliphatic hydroxyl groups excluding tert-OH is 2. The predicted octanol–water partition coefficient (Wildman–Crippen LogP) is 10.0. The highest BCUT2D eigenvalue weighted by atomic mass is 16.3. The Kier molecular flexibility index (Phi) is 9.55. The monoisotopic (exact) mass is 568 g/mol. The van der Waals surface area contributed by atoms with Crippen molar-refractivity contribution in [1.82, 2.24) is 0 Å². The number of rotatable bonds is 0. The quantitative estimate of drug-likeness (QED) is 0.332. The van der Waals surface area contributed by atoms with E-state index in [1.54, 1.807) is 11.1 Å². The van der Waals surface area contributed by atoms with Crippen LogP contribution in [0.2, 0.25) is 0 Å². The maximum atomic E-state index is 10.3. The zero-order chi connectivity index (χ0) is 30.1. The van der Waals surface area contributed by atoms with Crippen molar-refractivity contribution in [1.29, 1.82) is 0 Å². The Morgan fingerprint density at radius 2 is 0.929 bits per heavy atom. The number of benzene rings is 2. The maximum Gasteiger partial charge on any atom is 0.0596 e. The molecule has 8 rings (SSSR count). The normalized spacial score (nSPS) is 39.6. The van der Waals surface area contributed by atoms with Gasteiger partial charge in [-0.25, -0.2) is 0 Å². The first-order valence-electron chi connectivity index (χ1n) is 17.3. The summed E-state index contributed by atoms with van der Waals surface area (Å²) in [4.78, 5) is 0. The smallest absolute Gasteiger partial charge is 0.0596 e. The van der Waals surface area contributed by atoms with Crippen LogP contribution in [0.25, 0.3) is 12.2 Å². The Morgan fingerprint density at radius 1 is 0.548 bits per heavy atom. The van der Waals surface area contributed by atoms with Gasteiger partial charge in [0, 0.05) is 0 Å². The first-order chi connectivity index (χ1) is 20.4.